The number of rotatable bonds is 5. The van der Waals surface area contributed by atoms with Gasteiger partial charge in [-0.15, -0.1) is 0 Å². The lowest BCUT2D eigenvalue weighted by Crippen LogP contribution is -2.41. The van der Waals surface area contributed by atoms with E-state index in [1.54, 1.807) is 6.07 Å². The number of hydrogen-bond acceptors (Lipinski definition) is 3. The number of nitriles is 1. The summed E-state index contributed by atoms with van der Waals surface area (Å²) in [6.07, 6.45) is 1.16. The standard InChI is InChI=1S/C20H24N2O2S/c1-19(2,16-12-10-15(14-21)11-13-16)20(3,4)17-8-6-7-9-18(17)22-25(5,23)24/h6-13,22H,1-5H3. The summed E-state index contributed by atoms with van der Waals surface area (Å²) in [5.74, 6) is 0. The van der Waals surface area contributed by atoms with Gasteiger partial charge in [0.1, 0.15) is 0 Å². The molecule has 0 saturated heterocycles. The summed E-state index contributed by atoms with van der Waals surface area (Å²) in [6, 6.07) is 17.2. The van der Waals surface area contributed by atoms with Gasteiger partial charge in [0.05, 0.1) is 23.6 Å². The molecule has 0 amide bonds. The van der Waals surface area contributed by atoms with Crippen molar-refractivity contribution in [1.29, 1.82) is 5.26 Å². The predicted octanol–water partition coefficient (Wildman–Crippen LogP) is 4.19. The highest BCUT2D eigenvalue weighted by Gasteiger charge is 2.41. The van der Waals surface area contributed by atoms with Crippen LogP contribution in [-0.2, 0) is 20.9 Å². The maximum Gasteiger partial charge on any atom is 0.229 e. The van der Waals surface area contributed by atoms with Crippen molar-refractivity contribution in [2.45, 2.75) is 38.5 Å². The number of para-hydroxylation sites is 1. The van der Waals surface area contributed by atoms with Crippen LogP contribution in [0.1, 0.15) is 44.4 Å². The molecule has 0 spiro atoms. The second kappa shape index (κ2) is 6.53. The fourth-order valence-electron chi connectivity index (χ4n) is 2.98. The maximum absolute atomic E-state index is 11.7. The summed E-state index contributed by atoms with van der Waals surface area (Å²) in [5, 5.41) is 9.00. The van der Waals surface area contributed by atoms with Crippen LogP contribution in [0.5, 0.6) is 0 Å². The van der Waals surface area contributed by atoms with Crippen molar-refractivity contribution in [3.63, 3.8) is 0 Å². The van der Waals surface area contributed by atoms with E-state index >= 15 is 0 Å². The van der Waals surface area contributed by atoms with Crippen molar-refractivity contribution in [3.05, 3.63) is 65.2 Å². The van der Waals surface area contributed by atoms with E-state index < -0.39 is 10.0 Å². The summed E-state index contributed by atoms with van der Waals surface area (Å²) >= 11 is 0. The maximum atomic E-state index is 11.7. The van der Waals surface area contributed by atoms with Crippen LogP contribution in [0, 0.1) is 11.3 Å². The van der Waals surface area contributed by atoms with Gasteiger partial charge < -0.3 is 0 Å². The molecule has 0 saturated carbocycles. The minimum absolute atomic E-state index is 0.295. The minimum Gasteiger partial charge on any atom is -0.283 e. The second-order valence-electron chi connectivity index (χ2n) is 7.36. The molecule has 0 radical (unpaired) electrons. The molecule has 2 aromatic rings. The van der Waals surface area contributed by atoms with Crippen LogP contribution in [0.15, 0.2) is 48.5 Å². The number of benzene rings is 2. The quantitative estimate of drug-likeness (QED) is 0.873. The Bertz CT molecular complexity index is 905. The monoisotopic (exact) mass is 356 g/mol. The first-order chi connectivity index (χ1) is 11.5. The van der Waals surface area contributed by atoms with Crippen molar-refractivity contribution < 1.29 is 8.42 Å². The molecular weight excluding hydrogens is 332 g/mol. The molecule has 132 valence electrons. The van der Waals surface area contributed by atoms with E-state index in [0.29, 0.717) is 11.3 Å². The van der Waals surface area contributed by atoms with Gasteiger partial charge in [0.15, 0.2) is 0 Å². The zero-order chi connectivity index (χ0) is 18.9. The first-order valence-corrected chi connectivity index (χ1v) is 9.96. The molecule has 0 fully saturated rings. The van der Waals surface area contributed by atoms with Crippen LogP contribution in [0.25, 0.3) is 0 Å². The van der Waals surface area contributed by atoms with Crippen LogP contribution in [0.3, 0.4) is 0 Å². The summed E-state index contributed by atoms with van der Waals surface area (Å²) in [6.45, 7) is 8.47. The number of sulfonamides is 1. The van der Waals surface area contributed by atoms with Gasteiger partial charge in [0, 0.05) is 5.41 Å². The van der Waals surface area contributed by atoms with Gasteiger partial charge in [-0.1, -0.05) is 58.0 Å². The van der Waals surface area contributed by atoms with Crippen molar-refractivity contribution in [2.75, 3.05) is 11.0 Å². The van der Waals surface area contributed by atoms with Crippen LogP contribution in [0.4, 0.5) is 5.69 Å². The van der Waals surface area contributed by atoms with Crippen molar-refractivity contribution >= 4 is 15.7 Å². The molecule has 0 aromatic heterocycles. The topological polar surface area (TPSA) is 70.0 Å². The number of nitrogens with one attached hydrogen (secondary N) is 1. The number of nitrogens with zero attached hydrogens (tertiary/aromatic N) is 1. The lowest BCUT2D eigenvalue weighted by Gasteiger charge is -2.43. The van der Waals surface area contributed by atoms with Gasteiger partial charge in [0.25, 0.3) is 0 Å². The normalized spacial score (nSPS) is 12.5. The van der Waals surface area contributed by atoms with Crippen molar-refractivity contribution in [3.8, 4) is 6.07 Å². The molecule has 0 bridgehead atoms. The van der Waals surface area contributed by atoms with Gasteiger partial charge in [-0.25, -0.2) is 8.42 Å². The third-order valence-electron chi connectivity index (χ3n) is 5.19. The molecule has 25 heavy (non-hydrogen) atoms. The SMILES string of the molecule is CC(C)(c1ccc(C#N)cc1)C(C)(C)c1ccccc1NS(C)(=O)=O. The van der Waals surface area contributed by atoms with E-state index in [9.17, 15) is 8.42 Å². The molecule has 2 aromatic carbocycles. The Labute approximate surface area is 150 Å². The fourth-order valence-corrected chi connectivity index (χ4v) is 3.55. The average Bonchev–Trinajstić information content (AvgIpc) is 2.53. The van der Waals surface area contributed by atoms with E-state index in [1.807, 2.05) is 42.5 Å². The summed E-state index contributed by atoms with van der Waals surface area (Å²) in [4.78, 5) is 0. The Morgan fingerprint density at radius 3 is 2.00 bits per heavy atom. The molecule has 0 aliphatic carbocycles. The molecule has 0 aliphatic heterocycles. The third kappa shape index (κ3) is 3.85. The van der Waals surface area contributed by atoms with E-state index in [0.717, 1.165) is 17.4 Å². The van der Waals surface area contributed by atoms with Gasteiger partial charge in [0.2, 0.25) is 10.0 Å². The van der Waals surface area contributed by atoms with Gasteiger partial charge in [-0.2, -0.15) is 5.26 Å². The zero-order valence-corrected chi connectivity index (χ0v) is 16.1. The van der Waals surface area contributed by atoms with Crippen LogP contribution < -0.4 is 4.72 Å². The van der Waals surface area contributed by atoms with Crippen LogP contribution >= 0.6 is 0 Å². The van der Waals surface area contributed by atoms with Crippen LogP contribution in [-0.4, -0.2) is 14.7 Å². The first-order valence-electron chi connectivity index (χ1n) is 8.07. The summed E-state index contributed by atoms with van der Waals surface area (Å²) < 4.78 is 26.1. The highest BCUT2D eigenvalue weighted by molar-refractivity contribution is 7.92. The first kappa shape index (κ1) is 19.0. The lowest BCUT2D eigenvalue weighted by molar-refractivity contribution is 0.304. The molecule has 0 heterocycles. The van der Waals surface area contributed by atoms with Gasteiger partial charge in [-0.05, 0) is 34.7 Å². The Kier molecular flexibility index (Phi) is 4.97. The van der Waals surface area contributed by atoms with Crippen molar-refractivity contribution in [1.82, 2.24) is 0 Å². The predicted molar refractivity (Wildman–Crippen MR) is 102 cm³/mol. The van der Waals surface area contributed by atoms with Crippen LogP contribution in [0.2, 0.25) is 0 Å². The third-order valence-corrected chi connectivity index (χ3v) is 5.78. The van der Waals surface area contributed by atoms with Gasteiger partial charge in [-0.3, -0.25) is 4.72 Å². The Balaban J connectivity index is 2.55. The zero-order valence-electron chi connectivity index (χ0n) is 15.3. The minimum atomic E-state index is -3.37. The van der Waals surface area contributed by atoms with E-state index in [-0.39, 0.29) is 10.8 Å². The molecule has 0 atom stereocenters. The van der Waals surface area contributed by atoms with E-state index in [1.165, 1.54) is 0 Å². The fraction of sp³-hybridized carbons (Fsp3) is 0.350. The van der Waals surface area contributed by atoms with E-state index in [2.05, 4.69) is 38.5 Å². The average molecular weight is 356 g/mol. The second-order valence-corrected chi connectivity index (χ2v) is 9.11. The number of hydrogen-bond donors (Lipinski definition) is 1. The Hall–Kier alpha value is -2.32. The highest BCUT2D eigenvalue weighted by atomic mass is 32.2. The molecule has 1 N–H and O–H groups in total. The van der Waals surface area contributed by atoms with Gasteiger partial charge >= 0.3 is 0 Å². The Morgan fingerprint density at radius 1 is 0.920 bits per heavy atom. The molecule has 5 heteroatoms. The molecule has 0 aliphatic rings. The largest absolute Gasteiger partial charge is 0.283 e. The van der Waals surface area contributed by atoms with Crippen molar-refractivity contribution in [2.24, 2.45) is 0 Å². The molecule has 4 nitrogen and oxygen atoms in total. The summed E-state index contributed by atoms with van der Waals surface area (Å²) in [5.41, 5.74) is 2.57. The highest BCUT2D eigenvalue weighted by Crippen LogP contribution is 2.46. The summed E-state index contributed by atoms with van der Waals surface area (Å²) in [7, 11) is -3.37. The molecule has 2 rings (SSSR count). The smallest absolute Gasteiger partial charge is 0.229 e. The Morgan fingerprint density at radius 2 is 1.48 bits per heavy atom. The lowest BCUT2D eigenvalue weighted by atomic mass is 9.60. The molecular formula is C20H24N2O2S. The number of anilines is 1. The van der Waals surface area contributed by atoms with E-state index in [4.69, 9.17) is 5.26 Å². The molecule has 0 unspecified atom stereocenters.